The first-order valence-corrected chi connectivity index (χ1v) is 6.37. The molecule has 0 saturated carbocycles. The van der Waals surface area contributed by atoms with Crippen LogP contribution in [-0.2, 0) is 17.4 Å². The highest BCUT2D eigenvalue weighted by molar-refractivity contribution is 5.75. The first kappa shape index (κ1) is 15.9. The molecule has 0 aliphatic heterocycles. The van der Waals surface area contributed by atoms with Gasteiger partial charge in [-0.05, 0) is 35.4 Å². The van der Waals surface area contributed by atoms with Crippen molar-refractivity contribution in [3.63, 3.8) is 0 Å². The van der Waals surface area contributed by atoms with E-state index < -0.39 is 17.7 Å². The summed E-state index contributed by atoms with van der Waals surface area (Å²) in [4.78, 5) is 10.8. The highest BCUT2D eigenvalue weighted by Gasteiger charge is 2.30. The summed E-state index contributed by atoms with van der Waals surface area (Å²) in [6.07, 6.45) is -4.56. The first-order valence-electron chi connectivity index (χ1n) is 6.37. The molecule has 0 amide bonds. The lowest BCUT2D eigenvalue weighted by atomic mass is 9.99. The summed E-state index contributed by atoms with van der Waals surface area (Å²) in [5, 5.41) is 8.82. The minimum atomic E-state index is -4.40. The summed E-state index contributed by atoms with van der Waals surface area (Å²) in [5.74, 6) is -0.516. The fourth-order valence-corrected chi connectivity index (χ4v) is 2.10. The number of halogens is 3. The van der Waals surface area contributed by atoms with E-state index in [4.69, 9.17) is 9.84 Å². The molecule has 0 atom stereocenters. The lowest BCUT2D eigenvalue weighted by Crippen LogP contribution is -2.04. The van der Waals surface area contributed by atoms with Gasteiger partial charge in [0.25, 0.3) is 0 Å². The van der Waals surface area contributed by atoms with Gasteiger partial charge in [0, 0.05) is 5.56 Å². The number of hydrogen-bond donors (Lipinski definition) is 1. The second-order valence-electron chi connectivity index (χ2n) is 4.68. The zero-order chi connectivity index (χ0) is 16.3. The van der Waals surface area contributed by atoms with Gasteiger partial charge in [-0.15, -0.1) is 0 Å². The lowest BCUT2D eigenvalue weighted by molar-refractivity contribution is -0.138. The third kappa shape index (κ3) is 3.58. The number of carboxylic acid groups (broad SMARTS) is 1. The molecular formula is C16H13F3O3. The van der Waals surface area contributed by atoms with Crippen LogP contribution >= 0.6 is 0 Å². The van der Waals surface area contributed by atoms with Crippen molar-refractivity contribution in [2.45, 2.75) is 12.6 Å². The number of rotatable bonds is 4. The van der Waals surface area contributed by atoms with Crippen molar-refractivity contribution in [1.29, 1.82) is 0 Å². The van der Waals surface area contributed by atoms with Gasteiger partial charge in [0.1, 0.15) is 5.75 Å². The van der Waals surface area contributed by atoms with Gasteiger partial charge < -0.3 is 9.84 Å². The lowest BCUT2D eigenvalue weighted by Gasteiger charge is -2.12. The van der Waals surface area contributed by atoms with E-state index in [1.54, 1.807) is 18.2 Å². The summed E-state index contributed by atoms with van der Waals surface area (Å²) in [7, 11) is 1.44. The molecule has 1 N–H and O–H groups in total. The summed E-state index contributed by atoms with van der Waals surface area (Å²) in [6.45, 7) is 0. The molecule has 3 nitrogen and oxygen atoms in total. The smallest absolute Gasteiger partial charge is 0.416 e. The van der Waals surface area contributed by atoms with Crippen molar-refractivity contribution in [2.24, 2.45) is 0 Å². The van der Waals surface area contributed by atoms with Crippen molar-refractivity contribution in [3.8, 4) is 16.9 Å². The Balaban J connectivity index is 2.43. The molecule has 0 radical (unpaired) electrons. The van der Waals surface area contributed by atoms with Crippen LogP contribution in [0.15, 0.2) is 42.5 Å². The molecule has 2 rings (SSSR count). The number of aliphatic carboxylic acids is 1. The highest BCUT2D eigenvalue weighted by atomic mass is 19.4. The quantitative estimate of drug-likeness (QED) is 0.928. The number of hydrogen-bond acceptors (Lipinski definition) is 2. The fourth-order valence-electron chi connectivity index (χ4n) is 2.10. The normalized spacial score (nSPS) is 11.3. The number of carbonyl (C=O) groups is 1. The van der Waals surface area contributed by atoms with Crippen LogP contribution < -0.4 is 4.74 Å². The van der Waals surface area contributed by atoms with E-state index in [2.05, 4.69) is 0 Å². The van der Waals surface area contributed by atoms with Gasteiger partial charge in [-0.25, -0.2) is 0 Å². The average molecular weight is 310 g/mol. The number of carboxylic acids is 1. The van der Waals surface area contributed by atoms with Gasteiger partial charge >= 0.3 is 12.1 Å². The highest BCUT2D eigenvalue weighted by Crippen LogP contribution is 2.34. The largest absolute Gasteiger partial charge is 0.496 e. The summed E-state index contributed by atoms with van der Waals surface area (Å²) < 4.78 is 42.9. The van der Waals surface area contributed by atoms with Crippen molar-refractivity contribution in [3.05, 3.63) is 53.6 Å². The molecule has 0 heterocycles. The van der Waals surface area contributed by atoms with Crippen LogP contribution in [0, 0.1) is 0 Å². The van der Waals surface area contributed by atoms with Crippen LogP contribution in [0.2, 0.25) is 0 Å². The number of ether oxygens (including phenoxy) is 1. The van der Waals surface area contributed by atoms with Gasteiger partial charge in [0.05, 0.1) is 19.1 Å². The zero-order valence-corrected chi connectivity index (χ0v) is 11.6. The van der Waals surface area contributed by atoms with E-state index in [0.29, 0.717) is 22.4 Å². The van der Waals surface area contributed by atoms with Crippen LogP contribution in [-0.4, -0.2) is 18.2 Å². The number of methoxy groups -OCH3 is 1. The average Bonchev–Trinajstić information content (AvgIpc) is 2.46. The minimum absolute atomic E-state index is 0.169. The maximum absolute atomic E-state index is 12.6. The molecule has 22 heavy (non-hydrogen) atoms. The third-order valence-electron chi connectivity index (χ3n) is 3.14. The summed E-state index contributed by atoms with van der Waals surface area (Å²) >= 11 is 0. The molecule has 0 unspecified atom stereocenters. The van der Waals surface area contributed by atoms with Crippen LogP contribution in [0.4, 0.5) is 13.2 Å². The van der Waals surface area contributed by atoms with Gasteiger partial charge in [-0.2, -0.15) is 13.2 Å². The first-order chi connectivity index (χ1) is 10.3. The Labute approximate surface area is 125 Å². The van der Waals surface area contributed by atoms with Crippen molar-refractivity contribution < 1.29 is 27.8 Å². The Morgan fingerprint density at radius 1 is 1.14 bits per heavy atom. The van der Waals surface area contributed by atoms with Crippen molar-refractivity contribution in [1.82, 2.24) is 0 Å². The van der Waals surface area contributed by atoms with E-state index in [1.807, 2.05) is 0 Å². The molecule has 0 aliphatic carbocycles. The summed E-state index contributed by atoms with van der Waals surface area (Å²) in [5.41, 5.74) is 0.882. The van der Waals surface area contributed by atoms with Gasteiger partial charge in [-0.3, -0.25) is 4.79 Å². The second-order valence-corrected chi connectivity index (χ2v) is 4.68. The molecule has 0 fully saturated rings. The molecule has 6 heteroatoms. The summed E-state index contributed by atoms with van der Waals surface area (Å²) in [6, 6.07) is 9.47. The predicted molar refractivity (Wildman–Crippen MR) is 74.8 cm³/mol. The molecule has 0 aliphatic rings. The molecule has 116 valence electrons. The zero-order valence-electron chi connectivity index (χ0n) is 11.6. The van der Waals surface area contributed by atoms with Crippen molar-refractivity contribution >= 4 is 5.97 Å². The molecule has 0 bridgehead atoms. The van der Waals surface area contributed by atoms with Crippen LogP contribution in [0.25, 0.3) is 11.1 Å². The molecular weight excluding hydrogens is 297 g/mol. The fraction of sp³-hybridized carbons (Fsp3) is 0.188. The van der Waals surface area contributed by atoms with Gasteiger partial charge in [0.2, 0.25) is 0 Å². The topological polar surface area (TPSA) is 46.5 Å². The second kappa shape index (κ2) is 6.09. The molecule has 2 aromatic carbocycles. The SMILES string of the molecule is COc1ccc(CC(=O)O)cc1-c1ccc(C(F)(F)F)cc1. The van der Waals surface area contributed by atoms with E-state index in [1.165, 1.54) is 19.2 Å². The molecule has 0 saturated heterocycles. The maximum atomic E-state index is 12.6. The monoisotopic (exact) mass is 310 g/mol. The Morgan fingerprint density at radius 2 is 1.77 bits per heavy atom. The van der Waals surface area contributed by atoms with Crippen molar-refractivity contribution in [2.75, 3.05) is 7.11 Å². The molecule has 2 aromatic rings. The van der Waals surface area contributed by atoms with E-state index in [0.717, 1.165) is 12.1 Å². The Morgan fingerprint density at radius 3 is 2.27 bits per heavy atom. The van der Waals surface area contributed by atoms with Crippen LogP contribution in [0.5, 0.6) is 5.75 Å². The van der Waals surface area contributed by atoms with Gasteiger partial charge in [-0.1, -0.05) is 18.2 Å². The third-order valence-corrected chi connectivity index (χ3v) is 3.14. The van der Waals surface area contributed by atoms with Gasteiger partial charge in [0.15, 0.2) is 0 Å². The predicted octanol–water partition coefficient (Wildman–Crippen LogP) is 4.01. The Kier molecular flexibility index (Phi) is 4.40. The van der Waals surface area contributed by atoms with E-state index in [-0.39, 0.29) is 6.42 Å². The minimum Gasteiger partial charge on any atom is -0.496 e. The molecule has 0 spiro atoms. The Bertz CT molecular complexity index is 676. The van der Waals surface area contributed by atoms with E-state index in [9.17, 15) is 18.0 Å². The van der Waals surface area contributed by atoms with E-state index >= 15 is 0 Å². The maximum Gasteiger partial charge on any atom is 0.416 e. The number of benzene rings is 2. The Hall–Kier alpha value is -2.50. The molecule has 0 aromatic heterocycles. The standard InChI is InChI=1S/C16H13F3O3/c1-22-14-7-2-10(9-15(20)21)8-13(14)11-3-5-12(6-4-11)16(17,18)19/h2-8H,9H2,1H3,(H,20,21). The van der Waals surface area contributed by atoms with Crippen LogP contribution in [0.3, 0.4) is 0 Å². The number of alkyl halides is 3. The van der Waals surface area contributed by atoms with Crippen LogP contribution in [0.1, 0.15) is 11.1 Å².